The highest BCUT2D eigenvalue weighted by Gasteiger charge is 2.46. The van der Waals surface area contributed by atoms with E-state index in [1.807, 2.05) is 17.9 Å². The molecule has 1 atom stereocenters. The van der Waals surface area contributed by atoms with Crippen LogP contribution in [0.1, 0.15) is 66.6 Å². The summed E-state index contributed by atoms with van der Waals surface area (Å²) in [4.78, 5) is 27.4. The van der Waals surface area contributed by atoms with E-state index in [2.05, 4.69) is 11.4 Å². The third-order valence-electron chi connectivity index (χ3n) is 7.36. The quantitative estimate of drug-likeness (QED) is 0.725. The smallest absolute Gasteiger partial charge is 0.254 e. The monoisotopic (exact) mass is 470 g/mol. The van der Waals surface area contributed by atoms with Gasteiger partial charge in [-0.1, -0.05) is 12.8 Å². The SMILES string of the molecule is CC1c2cc3c(cc2C2(CCCC2)CN1C(=O)CCNC(=O)c1ccc(F)cc1F)OCCO3. The van der Waals surface area contributed by atoms with Crippen LogP contribution in [0.3, 0.4) is 0 Å². The fraction of sp³-hybridized carbons (Fsp3) is 0.462. The first-order chi connectivity index (χ1) is 16.4. The zero-order chi connectivity index (χ0) is 23.9. The standard InChI is InChI=1S/C26H28F2N2O4/c1-16-19-13-22-23(34-11-10-33-22)14-20(19)26(7-2-3-8-26)15-30(16)24(31)6-9-29-25(32)18-5-4-17(27)12-21(18)28/h4-5,12-14,16H,2-3,6-11,15H2,1H3,(H,29,32). The summed E-state index contributed by atoms with van der Waals surface area (Å²) in [5.41, 5.74) is 1.99. The normalized spacial score (nSPS) is 20.2. The number of carbonyl (C=O) groups excluding carboxylic acids is 2. The Labute approximate surface area is 197 Å². The van der Waals surface area contributed by atoms with Gasteiger partial charge in [-0.05, 0) is 55.2 Å². The highest BCUT2D eigenvalue weighted by Crippen LogP contribution is 2.52. The number of carbonyl (C=O) groups is 2. The number of ether oxygens (including phenoxy) is 2. The Morgan fingerprint density at radius 3 is 2.50 bits per heavy atom. The van der Waals surface area contributed by atoms with Gasteiger partial charge >= 0.3 is 0 Å². The summed E-state index contributed by atoms with van der Waals surface area (Å²) in [6, 6.07) is 6.79. The van der Waals surface area contributed by atoms with Crippen molar-refractivity contribution in [1.82, 2.24) is 10.2 Å². The molecular formula is C26H28F2N2O4. The lowest BCUT2D eigenvalue weighted by atomic mass is 9.71. The number of amides is 2. The number of benzene rings is 2. The molecule has 2 aromatic rings. The minimum atomic E-state index is -0.928. The third kappa shape index (κ3) is 3.99. The Bertz CT molecular complexity index is 1130. The van der Waals surface area contributed by atoms with Crippen LogP contribution in [0.4, 0.5) is 8.78 Å². The zero-order valence-electron chi connectivity index (χ0n) is 19.2. The van der Waals surface area contributed by atoms with E-state index in [-0.39, 0.29) is 35.9 Å². The first-order valence-corrected chi connectivity index (χ1v) is 11.8. The summed E-state index contributed by atoms with van der Waals surface area (Å²) in [6.45, 7) is 3.74. The van der Waals surface area contributed by atoms with E-state index >= 15 is 0 Å². The fourth-order valence-electron chi connectivity index (χ4n) is 5.60. The zero-order valence-corrected chi connectivity index (χ0v) is 19.2. The Morgan fingerprint density at radius 2 is 1.79 bits per heavy atom. The number of halogens is 2. The maximum Gasteiger partial charge on any atom is 0.254 e. The molecule has 180 valence electrons. The molecular weight excluding hydrogens is 442 g/mol. The first-order valence-electron chi connectivity index (χ1n) is 11.8. The van der Waals surface area contributed by atoms with Crippen molar-refractivity contribution < 1.29 is 27.8 Å². The van der Waals surface area contributed by atoms with E-state index in [9.17, 15) is 18.4 Å². The number of rotatable bonds is 4. The molecule has 2 aromatic carbocycles. The predicted octanol–water partition coefficient (Wildman–Crippen LogP) is 4.27. The van der Waals surface area contributed by atoms with Gasteiger partial charge in [0.15, 0.2) is 11.5 Å². The van der Waals surface area contributed by atoms with Gasteiger partial charge in [0.25, 0.3) is 5.91 Å². The molecule has 1 spiro atoms. The lowest BCUT2D eigenvalue weighted by molar-refractivity contribution is -0.135. The van der Waals surface area contributed by atoms with Crippen molar-refractivity contribution in [2.75, 3.05) is 26.3 Å². The molecule has 2 heterocycles. The van der Waals surface area contributed by atoms with Gasteiger partial charge in [-0.3, -0.25) is 9.59 Å². The summed E-state index contributed by atoms with van der Waals surface area (Å²) in [5, 5.41) is 2.58. The Kier molecular flexibility index (Phi) is 5.91. The van der Waals surface area contributed by atoms with Crippen LogP contribution < -0.4 is 14.8 Å². The first kappa shape index (κ1) is 22.6. The van der Waals surface area contributed by atoms with Gasteiger partial charge in [0.1, 0.15) is 24.8 Å². The van der Waals surface area contributed by atoms with Gasteiger partial charge in [-0.15, -0.1) is 0 Å². The molecule has 1 N–H and O–H groups in total. The van der Waals surface area contributed by atoms with Crippen molar-refractivity contribution in [1.29, 1.82) is 0 Å². The van der Waals surface area contributed by atoms with E-state index in [4.69, 9.17) is 9.47 Å². The minimum absolute atomic E-state index is 0.0682. The Morgan fingerprint density at radius 1 is 1.09 bits per heavy atom. The summed E-state index contributed by atoms with van der Waals surface area (Å²) < 4.78 is 38.6. The van der Waals surface area contributed by atoms with Crippen molar-refractivity contribution in [3.63, 3.8) is 0 Å². The van der Waals surface area contributed by atoms with Crippen molar-refractivity contribution in [3.8, 4) is 11.5 Å². The Balaban J connectivity index is 1.32. The highest BCUT2D eigenvalue weighted by atomic mass is 19.1. The molecule has 2 amide bonds. The van der Waals surface area contributed by atoms with Gasteiger partial charge in [-0.2, -0.15) is 0 Å². The van der Waals surface area contributed by atoms with Crippen LogP contribution in [-0.2, 0) is 10.2 Å². The highest BCUT2D eigenvalue weighted by molar-refractivity contribution is 5.94. The third-order valence-corrected chi connectivity index (χ3v) is 7.36. The maximum absolute atomic E-state index is 13.9. The molecule has 0 bridgehead atoms. The summed E-state index contributed by atoms with van der Waals surface area (Å²) in [6.07, 6.45) is 4.34. The van der Waals surface area contributed by atoms with E-state index in [1.54, 1.807) is 0 Å². The number of hydrogen-bond acceptors (Lipinski definition) is 4. The van der Waals surface area contributed by atoms with E-state index in [1.165, 1.54) is 5.56 Å². The molecule has 3 aliphatic rings. The lowest BCUT2D eigenvalue weighted by Gasteiger charge is -2.46. The summed E-state index contributed by atoms with van der Waals surface area (Å²) in [5.74, 6) is -0.921. The summed E-state index contributed by atoms with van der Waals surface area (Å²) in [7, 11) is 0. The van der Waals surface area contributed by atoms with Crippen LogP contribution >= 0.6 is 0 Å². The van der Waals surface area contributed by atoms with E-state index < -0.39 is 17.5 Å². The predicted molar refractivity (Wildman–Crippen MR) is 121 cm³/mol. The fourth-order valence-corrected chi connectivity index (χ4v) is 5.60. The molecule has 6 nitrogen and oxygen atoms in total. The van der Waals surface area contributed by atoms with Crippen molar-refractivity contribution in [2.24, 2.45) is 0 Å². The maximum atomic E-state index is 13.9. The second kappa shape index (κ2) is 8.89. The minimum Gasteiger partial charge on any atom is -0.486 e. The topological polar surface area (TPSA) is 67.9 Å². The van der Waals surface area contributed by atoms with Crippen LogP contribution in [0.15, 0.2) is 30.3 Å². The van der Waals surface area contributed by atoms with Crippen molar-refractivity contribution >= 4 is 11.8 Å². The molecule has 34 heavy (non-hydrogen) atoms. The summed E-state index contributed by atoms with van der Waals surface area (Å²) >= 11 is 0. The van der Waals surface area contributed by atoms with Gasteiger partial charge < -0.3 is 19.7 Å². The molecule has 1 aliphatic carbocycles. The molecule has 5 rings (SSSR count). The van der Waals surface area contributed by atoms with Crippen LogP contribution in [0.5, 0.6) is 11.5 Å². The van der Waals surface area contributed by atoms with Crippen molar-refractivity contribution in [3.05, 3.63) is 58.7 Å². The number of nitrogens with one attached hydrogen (secondary N) is 1. The molecule has 1 saturated carbocycles. The molecule has 8 heteroatoms. The number of hydrogen-bond donors (Lipinski definition) is 1. The second-order valence-corrected chi connectivity index (χ2v) is 9.40. The average Bonchev–Trinajstić information content (AvgIpc) is 3.29. The average molecular weight is 471 g/mol. The molecule has 0 aromatic heterocycles. The van der Waals surface area contributed by atoms with E-state index in [0.29, 0.717) is 31.6 Å². The molecule has 0 radical (unpaired) electrons. The van der Waals surface area contributed by atoms with Gasteiger partial charge in [0.05, 0.1) is 11.6 Å². The van der Waals surface area contributed by atoms with Crippen molar-refractivity contribution in [2.45, 2.75) is 50.5 Å². The molecule has 1 fully saturated rings. The molecule has 2 aliphatic heterocycles. The number of nitrogens with zero attached hydrogens (tertiary/aromatic N) is 1. The van der Waals surface area contributed by atoms with Crippen LogP contribution in [0.2, 0.25) is 0 Å². The van der Waals surface area contributed by atoms with Crippen LogP contribution in [-0.4, -0.2) is 43.0 Å². The number of fused-ring (bicyclic) bond motifs is 3. The molecule has 1 unspecified atom stereocenters. The van der Waals surface area contributed by atoms with Crippen LogP contribution in [0, 0.1) is 11.6 Å². The second-order valence-electron chi connectivity index (χ2n) is 9.40. The van der Waals surface area contributed by atoms with Gasteiger partial charge in [-0.25, -0.2) is 8.78 Å². The Hall–Kier alpha value is -3.16. The van der Waals surface area contributed by atoms with Gasteiger partial charge in [0.2, 0.25) is 5.91 Å². The van der Waals surface area contributed by atoms with Crippen LogP contribution in [0.25, 0.3) is 0 Å². The lowest BCUT2D eigenvalue weighted by Crippen LogP contribution is -2.49. The molecule has 0 saturated heterocycles. The van der Waals surface area contributed by atoms with E-state index in [0.717, 1.165) is 49.1 Å². The largest absolute Gasteiger partial charge is 0.486 e. The van der Waals surface area contributed by atoms with Gasteiger partial charge in [0, 0.05) is 31.0 Å².